The zero-order valence-electron chi connectivity index (χ0n) is 14.3. The predicted molar refractivity (Wildman–Crippen MR) is 89.6 cm³/mol. The van der Waals surface area contributed by atoms with Gasteiger partial charge in [-0.15, -0.1) is 0 Å². The van der Waals surface area contributed by atoms with E-state index in [1.165, 1.54) is 18.4 Å². The Bertz CT molecular complexity index is 410. The molecule has 1 aromatic rings. The van der Waals surface area contributed by atoms with Gasteiger partial charge in [0.25, 0.3) is 0 Å². The Labute approximate surface area is 130 Å². The summed E-state index contributed by atoms with van der Waals surface area (Å²) in [5.41, 5.74) is 1.25. The van der Waals surface area contributed by atoms with Crippen LogP contribution in [0, 0.1) is 0 Å². The number of methoxy groups -OCH3 is 1. The molecule has 0 heterocycles. The molecule has 1 N–H and O–H groups in total. The van der Waals surface area contributed by atoms with Crippen molar-refractivity contribution in [1.82, 2.24) is 5.32 Å². The number of unbranched alkanes of at least 4 members (excludes halogenated alkanes) is 2. The highest BCUT2D eigenvalue weighted by molar-refractivity contribution is 5.44. The lowest BCUT2D eigenvalue weighted by molar-refractivity contribution is 0.296. The summed E-state index contributed by atoms with van der Waals surface area (Å²) in [6.45, 7) is 11.7. The summed E-state index contributed by atoms with van der Waals surface area (Å²) in [6, 6.07) is 6.08. The maximum Gasteiger partial charge on any atom is 0.123 e. The molecule has 0 saturated heterocycles. The van der Waals surface area contributed by atoms with Crippen LogP contribution in [0.1, 0.15) is 52.5 Å². The highest BCUT2D eigenvalue weighted by Gasteiger charge is 2.19. The second-order valence-corrected chi connectivity index (χ2v) is 6.37. The molecule has 0 saturated carbocycles. The molecule has 1 rings (SSSR count). The summed E-state index contributed by atoms with van der Waals surface area (Å²) in [4.78, 5) is 0. The number of ether oxygens (including phenoxy) is 2. The standard InChI is InChI=1S/C18H31NO2/c1-6-19-12-8-7-9-13-21-17-11-10-15(20-5)14-16(17)18(2,3)4/h10-11,14,19H,6-9,12-13H2,1-5H3. The molecule has 0 atom stereocenters. The fraction of sp³-hybridized carbons (Fsp3) is 0.667. The highest BCUT2D eigenvalue weighted by atomic mass is 16.5. The summed E-state index contributed by atoms with van der Waals surface area (Å²) in [5, 5.41) is 3.34. The molecule has 21 heavy (non-hydrogen) atoms. The average Bonchev–Trinajstić information content (AvgIpc) is 2.45. The van der Waals surface area contributed by atoms with Gasteiger partial charge in [0, 0.05) is 5.56 Å². The van der Waals surface area contributed by atoms with Gasteiger partial charge in [-0.1, -0.05) is 27.7 Å². The first-order valence-electron chi connectivity index (χ1n) is 8.01. The molecule has 0 fully saturated rings. The smallest absolute Gasteiger partial charge is 0.123 e. The molecular weight excluding hydrogens is 262 g/mol. The molecule has 3 nitrogen and oxygen atoms in total. The van der Waals surface area contributed by atoms with E-state index < -0.39 is 0 Å². The van der Waals surface area contributed by atoms with Crippen molar-refractivity contribution in [3.63, 3.8) is 0 Å². The Morgan fingerprint density at radius 2 is 1.86 bits per heavy atom. The quantitative estimate of drug-likeness (QED) is 0.694. The molecule has 0 aliphatic heterocycles. The van der Waals surface area contributed by atoms with Gasteiger partial charge < -0.3 is 14.8 Å². The van der Waals surface area contributed by atoms with Gasteiger partial charge in [-0.3, -0.25) is 0 Å². The summed E-state index contributed by atoms with van der Waals surface area (Å²) >= 11 is 0. The van der Waals surface area contributed by atoms with Crippen molar-refractivity contribution in [2.45, 2.75) is 52.4 Å². The largest absolute Gasteiger partial charge is 0.497 e. The van der Waals surface area contributed by atoms with Crippen LogP contribution < -0.4 is 14.8 Å². The van der Waals surface area contributed by atoms with Crippen LogP contribution in [0.3, 0.4) is 0 Å². The van der Waals surface area contributed by atoms with Crippen LogP contribution in [0.25, 0.3) is 0 Å². The normalized spacial score (nSPS) is 11.5. The number of nitrogens with one attached hydrogen (secondary N) is 1. The van der Waals surface area contributed by atoms with Gasteiger partial charge in [0.15, 0.2) is 0 Å². The Kier molecular flexibility index (Phi) is 7.58. The van der Waals surface area contributed by atoms with Crippen molar-refractivity contribution in [1.29, 1.82) is 0 Å². The topological polar surface area (TPSA) is 30.5 Å². The fourth-order valence-corrected chi connectivity index (χ4v) is 2.24. The molecule has 1 aromatic carbocycles. The minimum absolute atomic E-state index is 0.0505. The van der Waals surface area contributed by atoms with Crippen molar-refractivity contribution < 1.29 is 9.47 Å². The van der Waals surface area contributed by atoms with Gasteiger partial charge >= 0.3 is 0 Å². The van der Waals surface area contributed by atoms with Crippen molar-refractivity contribution in [2.24, 2.45) is 0 Å². The maximum absolute atomic E-state index is 5.99. The minimum atomic E-state index is 0.0505. The second-order valence-electron chi connectivity index (χ2n) is 6.37. The van der Waals surface area contributed by atoms with Gasteiger partial charge in [-0.2, -0.15) is 0 Å². The second kappa shape index (κ2) is 8.93. The minimum Gasteiger partial charge on any atom is -0.497 e. The molecule has 0 bridgehead atoms. The summed E-state index contributed by atoms with van der Waals surface area (Å²) in [6.07, 6.45) is 3.51. The third-order valence-corrected chi connectivity index (χ3v) is 3.50. The lowest BCUT2D eigenvalue weighted by atomic mass is 9.86. The van der Waals surface area contributed by atoms with E-state index in [-0.39, 0.29) is 5.41 Å². The molecule has 0 aromatic heterocycles. The molecule has 0 spiro atoms. The van der Waals surface area contributed by atoms with Gasteiger partial charge in [-0.25, -0.2) is 0 Å². The summed E-state index contributed by atoms with van der Waals surface area (Å²) in [5.74, 6) is 1.87. The molecule has 3 heteroatoms. The van der Waals surface area contributed by atoms with Crippen LogP contribution >= 0.6 is 0 Å². The maximum atomic E-state index is 5.99. The Hall–Kier alpha value is -1.22. The zero-order valence-corrected chi connectivity index (χ0v) is 14.3. The van der Waals surface area contributed by atoms with E-state index in [9.17, 15) is 0 Å². The van der Waals surface area contributed by atoms with E-state index >= 15 is 0 Å². The SMILES string of the molecule is CCNCCCCCOc1ccc(OC)cc1C(C)(C)C. The van der Waals surface area contributed by atoms with Crippen LogP contribution in [0.2, 0.25) is 0 Å². The van der Waals surface area contributed by atoms with Gasteiger partial charge in [0.05, 0.1) is 13.7 Å². The van der Waals surface area contributed by atoms with Crippen molar-refractivity contribution in [2.75, 3.05) is 26.8 Å². The monoisotopic (exact) mass is 293 g/mol. The molecule has 0 amide bonds. The Morgan fingerprint density at radius 3 is 2.48 bits per heavy atom. The number of hydrogen-bond donors (Lipinski definition) is 1. The summed E-state index contributed by atoms with van der Waals surface area (Å²) in [7, 11) is 1.70. The molecule has 0 unspecified atom stereocenters. The van der Waals surface area contributed by atoms with E-state index in [0.717, 1.165) is 37.6 Å². The van der Waals surface area contributed by atoms with Crippen LogP contribution in [0.5, 0.6) is 11.5 Å². The third kappa shape index (κ3) is 6.38. The van der Waals surface area contributed by atoms with Crippen LogP contribution in [-0.4, -0.2) is 26.8 Å². The third-order valence-electron chi connectivity index (χ3n) is 3.50. The van der Waals surface area contributed by atoms with Crippen molar-refractivity contribution >= 4 is 0 Å². The van der Waals surface area contributed by atoms with Crippen LogP contribution in [-0.2, 0) is 5.41 Å². The van der Waals surface area contributed by atoms with Gasteiger partial charge in [0.1, 0.15) is 11.5 Å². The highest BCUT2D eigenvalue weighted by Crippen LogP contribution is 2.34. The first-order chi connectivity index (χ1) is 9.99. The first kappa shape index (κ1) is 17.8. The lowest BCUT2D eigenvalue weighted by Gasteiger charge is -2.23. The molecule has 120 valence electrons. The summed E-state index contributed by atoms with van der Waals surface area (Å²) < 4.78 is 11.3. The van der Waals surface area contributed by atoms with E-state index in [1.807, 2.05) is 12.1 Å². The predicted octanol–water partition coefficient (Wildman–Crippen LogP) is 4.15. The fourth-order valence-electron chi connectivity index (χ4n) is 2.24. The van der Waals surface area contributed by atoms with Crippen molar-refractivity contribution in [3.8, 4) is 11.5 Å². The van der Waals surface area contributed by atoms with E-state index in [4.69, 9.17) is 9.47 Å². The number of benzene rings is 1. The Balaban J connectivity index is 2.51. The first-order valence-corrected chi connectivity index (χ1v) is 8.01. The van der Waals surface area contributed by atoms with Gasteiger partial charge in [0.2, 0.25) is 0 Å². The molecule has 0 aliphatic carbocycles. The molecular formula is C18H31NO2. The molecule has 0 aliphatic rings. The lowest BCUT2D eigenvalue weighted by Crippen LogP contribution is -2.15. The van der Waals surface area contributed by atoms with Gasteiger partial charge in [-0.05, 0) is 56.0 Å². The van der Waals surface area contributed by atoms with Crippen molar-refractivity contribution in [3.05, 3.63) is 23.8 Å². The molecule has 0 radical (unpaired) electrons. The van der Waals surface area contributed by atoms with E-state index in [1.54, 1.807) is 7.11 Å². The van der Waals surface area contributed by atoms with Crippen LogP contribution in [0.4, 0.5) is 0 Å². The number of rotatable bonds is 9. The zero-order chi connectivity index (χ0) is 15.7. The van der Waals surface area contributed by atoms with E-state index in [2.05, 4.69) is 39.1 Å². The number of hydrogen-bond acceptors (Lipinski definition) is 3. The Morgan fingerprint density at radius 1 is 1.10 bits per heavy atom. The van der Waals surface area contributed by atoms with E-state index in [0.29, 0.717) is 0 Å². The average molecular weight is 293 g/mol. The van der Waals surface area contributed by atoms with Crippen LogP contribution in [0.15, 0.2) is 18.2 Å².